The number of hydrogen-bond acceptors (Lipinski definition) is 4. The molecule has 2 N–H and O–H groups in total. The van der Waals surface area contributed by atoms with Crippen molar-refractivity contribution in [2.45, 2.75) is 6.92 Å². The van der Waals surface area contributed by atoms with Crippen LogP contribution in [0.2, 0.25) is 0 Å². The largest absolute Gasteiger partial charge is 0.319 e. The van der Waals surface area contributed by atoms with Crippen molar-refractivity contribution < 1.29 is 4.79 Å². The Morgan fingerprint density at radius 1 is 1.39 bits per heavy atom. The summed E-state index contributed by atoms with van der Waals surface area (Å²) in [6, 6.07) is 7.81. The maximum atomic E-state index is 11.8. The van der Waals surface area contributed by atoms with E-state index in [1.165, 1.54) is 4.70 Å². The Morgan fingerprint density at radius 3 is 3.06 bits per heavy atom. The molecular weight excluding hydrogens is 248 g/mol. The first-order chi connectivity index (χ1) is 8.72. The number of thiophene rings is 1. The lowest BCUT2D eigenvalue weighted by Crippen LogP contribution is -2.13. The van der Waals surface area contributed by atoms with Gasteiger partial charge in [-0.15, -0.1) is 16.4 Å². The molecule has 0 spiro atoms. The van der Waals surface area contributed by atoms with Crippen molar-refractivity contribution in [2.24, 2.45) is 0 Å². The number of aryl methyl sites for hydroxylation is 1. The van der Waals surface area contributed by atoms with Crippen LogP contribution in [-0.4, -0.2) is 21.1 Å². The Morgan fingerprint density at radius 2 is 2.28 bits per heavy atom. The fourth-order valence-corrected chi connectivity index (χ4v) is 2.45. The minimum absolute atomic E-state index is 0.151. The van der Waals surface area contributed by atoms with Crippen molar-refractivity contribution in [2.75, 3.05) is 5.32 Å². The number of rotatable bonds is 2. The van der Waals surface area contributed by atoms with Gasteiger partial charge < -0.3 is 5.32 Å². The molecule has 0 aliphatic rings. The van der Waals surface area contributed by atoms with Gasteiger partial charge in [-0.2, -0.15) is 0 Å². The maximum absolute atomic E-state index is 11.8. The minimum Gasteiger partial charge on any atom is -0.319 e. The minimum atomic E-state index is -0.311. The van der Waals surface area contributed by atoms with Gasteiger partial charge in [-0.3, -0.25) is 9.89 Å². The van der Waals surface area contributed by atoms with Crippen molar-refractivity contribution in [1.82, 2.24) is 15.2 Å². The Kier molecular flexibility index (Phi) is 2.56. The number of H-pyrrole nitrogens is 1. The molecule has 1 amide bonds. The molecule has 0 saturated heterocycles. The summed E-state index contributed by atoms with van der Waals surface area (Å²) in [4.78, 5) is 15.8. The second-order valence-electron chi connectivity index (χ2n) is 3.87. The van der Waals surface area contributed by atoms with Crippen LogP contribution in [0.3, 0.4) is 0 Å². The molecule has 90 valence electrons. The Labute approximate surface area is 107 Å². The third-order valence-electron chi connectivity index (χ3n) is 2.51. The van der Waals surface area contributed by atoms with E-state index in [0.717, 1.165) is 11.1 Å². The highest BCUT2D eigenvalue weighted by molar-refractivity contribution is 7.17. The predicted molar refractivity (Wildman–Crippen MR) is 70.9 cm³/mol. The third-order valence-corrected chi connectivity index (χ3v) is 3.41. The lowest BCUT2D eigenvalue weighted by atomic mass is 10.2. The first-order valence-corrected chi connectivity index (χ1v) is 6.28. The van der Waals surface area contributed by atoms with Gasteiger partial charge in [0.1, 0.15) is 5.82 Å². The van der Waals surface area contributed by atoms with Crippen molar-refractivity contribution in [3.05, 3.63) is 41.3 Å². The molecule has 3 aromatic rings. The molecule has 18 heavy (non-hydrogen) atoms. The SMILES string of the molecule is Cc1nc(C(=O)Nc2ccc3sccc3c2)n[nH]1. The summed E-state index contributed by atoms with van der Waals surface area (Å²) in [7, 11) is 0. The second kappa shape index (κ2) is 4.23. The number of fused-ring (bicyclic) bond motifs is 1. The summed E-state index contributed by atoms with van der Waals surface area (Å²) in [6.07, 6.45) is 0. The first-order valence-electron chi connectivity index (χ1n) is 5.40. The summed E-state index contributed by atoms with van der Waals surface area (Å²) in [5.41, 5.74) is 0.744. The summed E-state index contributed by atoms with van der Waals surface area (Å²) in [5, 5.41) is 12.4. The summed E-state index contributed by atoms with van der Waals surface area (Å²) < 4.78 is 1.20. The van der Waals surface area contributed by atoms with Crippen LogP contribution < -0.4 is 5.32 Å². The topological polar surface area (TPSA) is 70.7 Å². The molecular formula is C12H10N4OS. The zero-order valence-electron chi connectivity index (χ0n) is 9.60. The quantitative estimate of drug-likeness (QED) is 0.742. The van der Waals surface area contributed by atoms with Crippen molar-refractivity contribution in [1.29, 1.82) is 0 Å². The second-order valence-corrected chi connectivity index (χ2v) is 4.82. The molecule has 2 heterocycles. The van der Waals surface area contributed by atoms with Gasteiger partial charge in [0.25, 0.3) is 5.91 Å². The molecule has 0 saturated carbocycles. The number of nitrogens with one attached hydrogen (secondary N) is 2. The van der Waals surface area contributed by atoms with E-state index in [2.05, 4.69) is 20.5 Å². The lowest BCUT2D eigenvalue weighted by Gasteiger charge is -2.02. The molecule has 2 aromatic heterocycles. The highest BCUT2D eigenvalue weighted by Crippen LogP contribution is 2.24. The molecule has 3 rings (SSSR count). The molecule has 1 aromatic carbocycles. The molecule has 5 nitrogen and oxygen atoms in total. The molecule has 0 atom stereocenters. The van der Waals surface area contributed by atoms with Crippen molar-refractivity contribution in [3.8, 4) is 0 Å². The molecule has 0 fully saturated rings. The van der Waals surface area contributed by atoms with Gasteiger partial charge in [0.2, 0.25) is 5.82 Å². The Hall–Kier alpha value is -2.21. The molecule has 0 aliphatic heterocycles. The van der Waals surface area contributed by atoms with Gasteiger partial charge in [-0.1, -0.05) is 0 Å². The number of anilines is 1. The smallest absolute Gasteiger partial charge is 0.295 e. The van der Waals surface area contributed by atoms with Crippen LogP contribution in [0.1, 0.15) is 16.4 Å². The van der Waals surface area contributed by atoms with Crippen molar-refractivity contribution in [3.63, 3.8) is 0 Å². The van der Waals surface area contributed by atoms with Crippen LogP contribution in [0.4, 0.5) is 5.69 Å². The predicted octanol–water partition coefficient (Wildman–Crippen LogP) is 2.58. The number of nitrogens with zero attached hydrogens (tertiary/aromatic N) is 2. The van der Waals surface area contributed by atoms with E-state index < -0.39 is 0 Å². The van der Waals surface area contributed by atoms with E-state index in [9.17, 15) is 4.79 Å². The van der Waals surface area contributed by atoms with E-state index in [1.54, 1.807) is 18.3 Å². The normalized spacial score (nSPS) is 10.7. The average Bonchev–Trinajstić information content (AvgIpc) is 2.96. The standard InChI is InChI=1S/C12H10N4OS/c1-7-13-11(16-15-7)12(17)14-9-2-3-10-8(6-9)4-5-18-10/h2-6H,1H3,(H,14,17)(H,13,15,16). The zero-order valence-corrected chi connectivity index (χ0v) is 10.4. The van der Waals surface area contributed by atoms with Crippen LogP contribution >= 0.6 is 11.3 Å². The number of aromatic nitrogens is 3. The van der Waals surface area contributed by atoms with Gasteiger partial charge >= 0.3 is 0 Å². The summed E-state index contributed by atoms with van der Waals surface area (Å²) in [6.45, 7) is 1.75. The van der Waals surface area contributed by atoms with Crippen LogP contribution in [0, 0.1) is 6.92 Å². The zero-order chi connectivity index (χ0) is 12.5. The number of carbonyl (C=O) groups is 1. The fraction of sp³-hybridized carbons (Fsp3) is 0.0833. The number of hydrogen-bond donors (Lipinski definition) is 2. The van der Waals surface area contributed by atoms with Crippen LogP contribution in [0.15, 0.2) is 29.6 Å². The summed E-state index contributed by atoms with van der Waals surface area (Å²) >= 11 is 1.67. The molecule has 6 heteroatoms. The van der Waals surface area contributed by atoms with E-state index >= 15 is 0 Å². The highest BCUT2D eigenvalue weighted by atomic mass is 32.1. The van der Waals surface area contributed by atoms with Crippen LogP contribution in [0.5, 0.6) is 0 Å². The number of carbonyl (C=O) groups excluding carboxylic acids is 1. The molecule has 0 bridgehead atoms. The van der Waals surface area contributed by atoms with E-state index in [-0.39, 0.29) is 11.7 Å². The third kappa shape index (κ3) is 1.98. The monoisotopic (exact) mass is 258 g/mol. The highest BCUT2D eigenvalue weighted by Gasteiger charge is 2.11. The maximum Gasteiger partial charge on any atom is 0.295 e. The first kappa shape index (κ1) is 10.9. The van der Waals surface area contributed by atoms with Gasteiger partial charge in [0.05, 0.1) is 0 Å². The van der Waals surface area contributed by atoms with Gasteiger partial charge in [-0.05, 0) is 42.0 Å². The van der Waals surface area contributed by atoms with Gasteiger partial charge in [-0.25, -0.2) is 4.98 Å². The molecule has 0 aliphatic carbocycles. The lowest BCUT2D eigenvalue weighted by molar-refractivity contribution is 0.101. The number of aromatic amines is 1. The number of benzene rings is 1. The van der Waals surface area contributed by atoms with Crippen molar-refractivity contribution >= 4 is 33.0 Å². The van der Waals surface area contributed by atoms with Gasteiger partial charge in [0.15, 0.2) is 0 Å². The Balaban J connectivity index is 1.85. The Bertz CT molecular complexity index is 716. The fourth-order valence-electron chi connectivity index (χ4n) is 1.68. The van der Waals surface area contributed by atoms with E-state index in [0.29, 0.717) is 5.82 Å². The number of amides is 1. The molecule has 0 unspecified atom stereocenters. The van der Waals surface area contributed by atoms with E-state index in [4.69, 9.17) is 0 Å². The van der Waals surface area contributed by atoms with Crippen LogP contribution in [0.25, 0.3) is 10.1 Å². The summed E-state index contributed by atoms with van der Waals surface area (Å²) in [5.74, 6) is 0.459. The average molecular weight is 258 g/mol. The van der Waals surface area contributed by atoms with E-state index in [1.807, 2.05) is 29.6 Å². The van der Waals surface area contributed by atoms with Crippen LogP contribution in [-0.2, 0) is 0 Å². The molecule has 0 radical (unpaired) electrons. The van der Waals surface area contributed by atoms with Gasteiger partial charge in [0, 0.05) is 10.4 Å².